The van der Waals surface area contributed by atoms with Crippen LogP contribution in [0.1, 0.15) is 15.9 Å². The van der Waals surface area contributed by atoms with E-state index in [4.69, 9.17) is 0 Å². The summed E-state index contributed by atoms with van der Waals surface area (Å²) in [6, 6.07) is 18.4. The fourth-order valence-corrected chi connectivity index (χ4v) is 3.18. The van der Waals surface area contributed by atoms with Gasteiger partial charge in [-0.1, -0.05) is 18.2 Å². The number of nitrogens with one attached hydrogen (secondary N) is 1. The molecule has 0 radical (unpaired) electrons. The Labute approximate surface area is 157 Å². The van der Waals surface area contributed by atoms with Crippen LogP contribution in [0.25, 0.3) is 11.3 Å². The minimum atomic E-state index is -3.46. The molecule has 1 heterocycles. The van der Waals surface area contributed by atoms with Crippen LogP contribution in [0, 0.1) is 11.3 Å². The lowest BCUT2D eigenvalue weighted by atomic mass is 10.1. The first kappa shape index (κ1) is 18.3. The van der Waals surface area contributed by atoms with Gasteiger partial charge in [-0.2, -0.15) is 5.26 Å². The van der Waals surface area contributed by atoms with E-state index in [2.05, 4.69) is 10.3 Å². The van der Waals surface area contributed by atoms with Crippen molar-refractivity contribution in [3.63, 3.8) is 0 Å². The van der Waals surface area contributed by atoms with Gasteiger partial charge >= 0.3 is 0 Å². The molecule has 134 valence electrons. The molecule has 2 aromatic carbocycles. The molecule has 0 aliphatic carbocycles. The summed E-state index contributed by atoms with van der Waals surface area (Å²) in [5.74, 6) is -0.496. The highest BCUT2D eigenvalue weighted by atomic mass is 32.2. The number of pyridine rings is 1. The van der Waals surface area contributed by atoms with Crippen molar-refractivity contribution in [1.82, 2.24) is 4.98 Å². The first-order chi connectivity index (χ1) is 12.9. The molecule has 0 atom stereocenters. The summed E-state index contributed by atoms with van der Waals surface area (Å²) in [5, 5.41) is 12.0. The Kier molecular flexibility index (Phi) is 5.01. The number of benzene rings is 2. The van der Waals surface area contributed by atoms with Crippen molar-refractivity contribution in [3.05, 3.63) is 78.0 Å². The average Bonchev–Trinajstić information content (AvgIpc) is 2.67. The molecule has 0 aliphatic rings. The van der Waals surface area contributed by atoms with E-state index in [0.29, 0.717) is 5.69 Å². The molecule has 1 aromatic heterocycles. The predicted molar refractivity (Wildman–Crippen MR) is 102 cm³/mol. The van der Waals surface area contributed by atoms with Gasteiger partial charge in [0.25, 0.3) is 5.91 Å². The Hall–Kier alpha value is -3.50. The summed E-state index contributed by atoms with van der Waals surface area (Å²) in [6.45, 7) is 0. The lowest BCUT2D eigenvalue weighted by molar-refractivity contribution is 0.102. The second-order valence-electron chi connectivity index (χ2n) is 5.84. The van der Waals surface area contributed by atoms with Crippen molar-refractivity contribution in [3.8, 4) is 17.3 Å². The van der Waals surface area contributed by atoms with E-state index >= 15 is 0 Å². The van der Waals surface area contributed by atoms with Crippen LogP contribution in [0.4, 0.5) is 5.69 Å². The molecule has 0 fully saturated rings. The molecule has 1 N–H and O–H groups in total. The number of carbonyl (C=O) groups is 1. The highest BCUT2D eigenvalue weighted by molar-refractivity contribution is 7.90. The zero-order valence-electron chi connectivity index (χ0n) is 14.4. The molecule has 1 amide bonds. The number of sulfone groups is 1. The monoisotopic (exact) mass is 377 g/mol. The smallest absolute Gasteiger partial charge is 0.257 e. The van der Waals surface area contributed by atoms with Crippen molar-refractivity contribution < 1.29 is 13.2 Å². The maximum absolute atomic E-state index is 12.6. The first-order valence-electron chi connectivity index (χ1n) is 7.95. The van der Waals surface area contributed by atoms with Gasteiger partial charge in [0.1, 0.15) is 0 Å². The molecule has 0 bridgehead atoms. The number of anilines is 1. The zero-order chi connectivity index (χ0) is 19.4. The van der Waals surface area contributed by atoms with Crippen LogP contribution in [-0.2, 0) is 9.84 Å². The molecule has 7 heteroatoms. The third kappa shape index (κ3) is 4.19. The topological polar surface area (TPSA) is 99.9 Å². The zero-order valence-corrected chi connectivity index (χ0v) is 15.2. The summed E-state index contributed by atoms with van der Waals surface area (Å²) >= 11 is 0. The number of amides is 1. The van der Waals surface area contributed by atoms with Gasteiger partial charge in [0.05, 0.1) is 27.8 Å². The minimum absolute atomic E-state index is 0.00342. The van der Waals surface area contributed by atoms with Crippen LogP contribution >= 0.6 is 0 Å². The summed E-state index contributed by atoms with van der Waals surface area (Å²) in [4.78, 5) is 16.8. The maximum atomic E-state index is 12.6. The molecule has 27 heavy (non-hydrogen) atoms. The number of hydrogen-bond acceptors (Lipinski definition) is 5. The molecule has 0 spiro atoms. The van der Waals surface area contributed by atoms with E-state index in [1.54, 1.807) is 24.4 Å². The molecule has 0 unspecified atom stereocenters. The Morgan fingerprint density at radius 3 is 2.56 bits per heavy atom. The van der Waals surface area contributed by atoms with Crippen LogP contribution in [0.15, 0.2) is 71.8 Å². The van der Waals surface area contributed by atoms with Crippen molar-refractivity contribution >= 4 is 21.4 Å². The van der Waals surface area contributed by atoms with Crippen LogP contribution in [0.3, 0.4) is 0 Å². The largest absolute Gasteiger partial charge is 0.322 e. The van der Waals surface area contributed by atoms with Crippen LogP contribution in [0.2, 0.25) is 0 Å². The summed E-state index contributed by atoms with van der Waals surface area (Å²) in [7, 11) is -3.46. The fourth-order valence-electron chi connectivity index (χ4n) is 2.53. The van der Waals surface area contributed by atoms with Gasteiger partial charge in [0, 0.05) is 23.7 Å². The quantitative estimate of drug-likeness (QED) is 0.752. The van der Waals surface area contributed by atoms with Gasteiger partial charge in [-0.3, -0.25) is 9.78 Å². The number of aromatic nitrogens is 1. The summed E-state index contributed by atoms with van der Waals surface area (Å²) < 4.78 is 23.3. The van der Waals surface area contributed by atoms with Gasteiger partial charge in [0.2, 0.25) is 0 Å². The third-order valence-electron chi connectivity index (χ3n) is 3.87. The highest BCUT2D eigenvalue weighted by Gasteiger charge is 2.16. The lowest BCUT2D eigenvalue weighted by Gasteiger charge is -2.09. The lowest BCUT2D eigenvalue weighted by Crippen LogP contribution is -2.14. The van der Waals surface area contributed by atoms with Gasteiger partial charge in [0.15, 0.2) is 9.84 Å². The summed E-state index contributed by atoms with van der Waals surface area (Å²) in [6.07, 6.45) is 2.73. The standard InChI is InChI=1S/C20H15N3O3S/c1-27(25,26)17-8-9-18(15(12-17)13-21)20(24)23-16-6-4-5-14(11-16)19-7-2-3-10-22-19/h2-12H,1H3,(H,23,24). The molecular formula is C20H15N3O3S. The summed E-state index contributed by atoms with van der Waals surface area (Å²) in [5.41, 5.74) is 2.24. The van der Waals surface area contributed by atoms with Gasteiger partial charge in [-0.25, -0.2) is 8.42 Å². The van der Waals surface area contributed by atoms with Crippen LogP contribution in [-0.4, -0.2) is 25.6 Å². The molecule has 3 aromatic rings. The number of carbonyl (C=O) groups excluding carboxylic acids is 1. The normalized spacial score (nSPS) is 10.8. The predicted octanol–water partition coefficient (Wildman–Crippen LogP) is 3.28. The highest BCUT2D eigenvalue weighted by Crippen LogP contribution is 2.22. The Bertz CT molecular complexity index is 1150. The van der Waals surface area contributed by atoms with E-state index in [1.165, 1.54) is 18.2 Å². The Balaban J connectivity index is 1.89. The molecule has 6 nitrogen and oxygen atoms in total. The number of nitrogens with zero attached hydrogens (tertiary/aromatic N) is 2. The molecule has 3 rings (SSSR count). The minimum Gasteiger partial charge on any atom is -0.322 e. The van der Waals surface area contributed by atoms with Crippen LogP contribution in [0.5, 0.6) is 0 Å². The van der Waals surface area contributed by atoms with E-state index < -0.39 is 15.7 Å². The first-order valence-corrected chi connectivity index (χ1v) is 9.84. The van der Waals surface area contributed by atoms with Crippen LogP contribution < -0.4 is 5.32 Å². The van der Waals surface area contributed by atoms with Gasteiger partial charge < -0.3 is 5.32 Å². The van der Waals surface area contributed by atoms with Crippen molar-refractivity contribution in [1.29, 1.82) is 5.26 Å². The van der Waals surface area contributed by atoms with E-state index in [9.17, 15) is 18.5 Å². The van der Waals surface area contributed by atoms with Gasteiger partial charge in [-0.15, -0.1) is 0 Å². The molecule has 0 saturated heterocycles. The van der Waals surface area contributed by atoms with E-state index in [-0.39, 0.29) is 16.0 Å². The second kappa shape index (κ2) is 7.40. The van der Waals surface area contributed by atoms with Crippen molar-refractivity contribution in [2.45, 2.75) is 4.90 Å². The van der Waals surface area contributed by atoms with E-state index in [0.717, 1.165) is 17.5 Å². The van der Waals surface area contributed by atoms with Crippen molar-refractivity contribution in [2.24, 2.45) is 0 Å². The fraction of sp³-hybridized carbons (Fsp3) is 0.0500. The third-order valence-corrected chi connectivity index (χ3v) is 4.98. The average molecular weight is 377 g/mol. The Morgan fingerprint density at radius 2 is 1.89 bits per heavy atom. The molecule has 0 saturated carbocycles. The second-order valence-corrected chi connectivity index (χ2v) is 7.86. The maximum Gasteiger partial charge on any atom is 0.257 e. The van der Waals surface area contributed by atoms with E-state index in [1.807, 2.05) is 30.3 Å². The number of rotatable bonds is 4. The number of nitriles is 1. The SMILES string of the molecule is CS(=O)(=O)c1ccc(C(=O)Nc2cccc(-c3ccccn3)c2)c(C#N)c1. The molecular weight excluding hydrogens is 362 g/mol. The Morgan fingerprint density at radius 1 is 1.07 bits per heavy atom. The van der Waals surface area contributed by atoms with Crippen molar-refractivity contribution in [2.75, 3.05) is 11.6 Å². The number of hydrogen-bond donors (Lipinski definition) is 1. The molecule has 0 aliphatic heterocycles. The van der Waals surface area contributed by atoms with Gasteiger partial charge in [-0.05, 0) is 42.5 Å².